The molecule has 121 heavy (non-hydrogen) atoms. The van der Waals surface area contributed by atoms with Gasteiger partial charge >= 0.3 is 0 Å². The smallest absolute Gasteiger partial charge is 0.235 e. The zero-order valence-corrected chi connectivity index (χ0v) is 92.5. The van der Waals surface area contributed by atoms with E-state index in [0.717, 1.165) is 151 Å². The molecule has 0 bridgehead atoms. The summed E-state index contributed by atoms with van der Waals surface area (Å²) in [7, 11) is 3.66. The van der Waals surface area contributed by atoms with Gasteiger partial charge in [0.1, 0.15) is 34.8 Å². The van der Waals surface area contributed by atoms with Gasteiger partial charge in [0.25, 0.3) is 0 Å². The van der Waals surface area contributed by atoms with Crippen LogP contribution in [0.2, 0.25) is 0 Å². The molecule has 0 unspecified atom stereocenters. The summed E-state index contributed by atoms with van der Waals surface area (Å²) in [6.07, 6.45) is 10.3. The number of pyridine rings is 5. The molecule has 0 spiro atoms. The largest absolute Gasteiger partial charge is 0.497 e. The lowest BCUT2D eigenvalue weighted by Gasteiger charge is -2.34. The number of ether oxygens (including phenoxy) is 1. The van der Waals surface area contributed by atoms with Crippen molar-refractivity contribution in [3.8, 4) is 5.75 Å². The lowest BCUT2D eigenvalue weighted by molar-refractivity contribution is -0.130. The van der Waals surface area contributed by atoms with Crippen molar-refractivity contribution in [3.05, 3.63) is 114 Å². The Morgan fingerprint density at radius 2 is 0.752 bits per heavy atom. The molecule has 0 atom stereocenters. The van der Waals surface area contributed by atoms with E-state index in [1.165, 1.54) is 32.4 Å². The van der Waals surface area contributed by atoms with Gasteiger partial charge < -0.3 is 66.0 Å². The van der Waals surface area contributed by atoms with Crippen molar-refractivity contribution >= 4 is 331 Å². The summed E-state index contributed by atoms with van der Waals surface area (Å²) in [5, 5.41) is 16.8. The van der Waals surface area contributed by atoms with E-state index in [4.69, 9.17) is 4.74 Å². The highest BCUT2D eigenvalue weighted by atomic mass is 127. The third-order valence-corrected chi connectivity index (χ3v) is 24.4. The maximum Gasteiger partial charge on any atom is 0.235 e. The van der Waals surface area contributed by atoms with Crippen LogP contribution in [0.25, 0.3) is 0 Å². The molecule has 42 heteroatoms. The number of likely N-dealkylation sites (N-methyl/N-ethyl adjacent to an activating group) is 2. The molecule has 5 aromatic rings. The van der Waals surface area contributed by atoms with E-state index in [1.54, 1.807) is 67.9 Å². The molecular formula is C79H116I10N20O11S. The predicted octanol–water partition coefficient (Wildman–Crippen LogP) is 12.3. The van der Waals surface area contributed by atoms with Crippen LogP contribution in [0.1, 0.15) is 62.4 Å². The molecule has 5 aromatic heterocycles. The lowest BCUT2D eigenvalue weighted by atomic mass is 10.2. The minimum atomic E-state index is -0.0682. The Kier molecular flexibility index (Phi) is 70.4. The average molecular weight is 2820 g/mol. The molecule has 5 aliphatic heterocycles. The molecule has 4 fully saturated rings. The number of methoxy groups -OCH3 is 1. The van der Waals surface area contributed by atoms with Crippen molar-refractivity contribution < 1.29 is 52.7 Å². The van der Waals surface area contributed by atoms with E-state index >= 15 is 0 Å². The quantitative estimate of drug-likeness (QED) is 0.0277. The number of amidine groups is 1. The molecule has 5 aliphatic rings. The van der Waals surface area contributed by atoms with E-state index in [9.17, 15) is 47.9 Å². The van der Waals surface area contributed by atoms with Crippen LogP contribution in [-0.2, 0) is 47.9 Å². The van der Waals surface area contributed by atoms with Gasteiger partial charge in [-0.2, -0.15) is 0 Å². The van der Waals surface area contributed by atoms with Crippen molar-refractivity contribution in [2.75, 3.05) is 222 Å². The topological polar surface area (TPSA) is 355 Å². The van der Waals surface area contributed by atoms with Crippen LogP contribution < -0.4 is 36.6 Å². The maximum atomic E-state index is 11.4. The van der Waals surface area contributed by atoms with Gasteiger partial charge in [-0.25, -0.2) is 24.9 Å². The number of aliphatic imine (C=N–C) groups is 1. The third-order valence-electron chi connectivity index (χ3n) is 16.8. The van der Waals surface area contributed by atoms with Gasteiger partial charge in [-0.3, -0.25) is 62.7 Å². The molecule has 0 radical (unpaired) electrons. The van der Waals surface area contributed by atoms with E-state index in [2.05, 4.69) is 200 Å². The first-order chi connectivity index (χ1) is 58.0. The predicted molar refractivity (Wildman–Crippen MR) is 576 cm³/mol. The number of unbranched alkanes of at least 4 members (excludes halogenated alkanes) is 1. The zero-order valence-electron chi connectivity index (χ0n) is 70.1. The molecule has 10 amide bonds. The van der Waals surface area contributed by atoms with Gasteiger partial charge in [-0.05, 0) is 139 Å². The fourth-order valence-electron chi connectivity index (χ4n) is 10.4. The van der Waals surface area contributed by atoms with Crippen molar-refractivity contribution in [1.82, 2.24) is 69.4 Å². The Morgan fingerprint density at radius 3 is 1.10 bits per heavy atom. The van der Waals surface area contributed by atoms with Crippen molar-refractivity contribution in [2.45, 2.75) is 67.7 Å². The number of nitrogens with zero attached hydrogens (tertiary/aromatic N) is 14. The Labute approximate surface area is 855 Å². The van der Waals surface area contributed by atoms with E-state index in [-0.39, 0.29) is 53.2 Å². The highest BCUT2D eigenvalue weighted by Gasteiger charge is 2.23. The maximum absolute atomic E-state index is 11.4. The van der Waals surface area contributed by atoms with Crippen LogP contribution in [0.15, 0.2) is 96.5 Å². The summed E-state index contributed by atoms with van der Waals surface area (Å²) in [6, 6.07) is 20.1. The van der Waals surface area contributed by atoms with Crippen LogP contribution in [0.4, 0.5) is 29.1 Å². The van der Waals surface area contributed by atoms with Crippen LogP contribution in [0.3, 0.4) is 0 Å². The minimum absolute atomic E-state index is 0.0156. The second-order valence-corrected chi connectivity index (χ2v) is 35.1. The molecule has 31 nitrogen and oxygen atoms in total. The Hall–Kier alpha value is -2.59. The summed E-state index contributed by atoms with van der Waals surface area (Å²) in [4.78, 5) is 152. The zero-order chi connectivity index (χ0) is 90.3. The second-order valence-electron chi connectivity index (χ2n) is 26.4. The van der Waals surface area contributed by atoms with Gasteiger partial charge in [-0.15, -0.1) is 0 Å². The number of carbonyl (C=O) groups is 10. The number of carbonyl (C=O) groups excluding carboxylic acids is 10. The number of anilines is 5. The number of amides is 10. The van der Waals surface area contributed by atoms with Crippen LogP contribution >= 0.6 is 238 Å². The number of thioether (sulfide) groups is 1. The molecule has 0 aliphatic carbocycles. The monoisotopic (exact) mass is 2820 g/mol. The number of alkyl halides is 10. The number of aryl methyl sites for hydroxylation is 4. The standard InChI is InChI=1S/C10H19IN2O.C9H11IN2O.C9H17IN2O.C8H9IN2O2.2C8H9IN2O.C8H15IN2O.C7H13IN2O.C7H7IN2O.C5H7IN2OS/c1-2-3-4-12-5-7-13(8-6-12)10(14)9-11;1-6-3-7(2)11-8(4-6)12-9(13)5-10;1-2-3-11-4-6-12(7-5-11)9(13)8-10;1-13-6-2-3-10-7(4-6)11-8(12)5-9;2*1-6-2-3-10-7(4-6)11-8(12)5-9;1-2-10-3-5-11(6-4-10)8(12)7-9;1-9-2-4-10(5-3-9)7(11)6-8;8-5-7(11)10-6-3-1-2-4-9-6;6-3-4(9)8-5-7-1-2-10-5/h2-9H2,1H3;3-4H,5H2,1-2H3,(H,11,12,13);2-8H2,1H3;2-4H,5H2,1H3,(H,10,11,12);2*2-4H,5H2,1H3,(H,10,11,12);2-7H2,1H3;2-6H2,1H3;1-4H,5H2,(H,9,10,11);1-3H2,(H,7,8,9). The molecule has 4 saturated heterocycles. The number of aromatic nitrogens is 5. The fourth-order valence-corrected chi connectivity index (χ4v) is 14.3. The lowest BCUT2D eigenvalue weighted by Crippen LogP contribution is -2.49. The molecule has 10 rings (SSSR count). The number of rotatable bonds is 22. The van der Waals surface area contributed by atoms with Crippen LogP contribution in [0.5, 0.6) is 5.75 Å². The van der Waals surface area contributed by atoms with Crippen LogP contribution in [0, 0.1) is 27.7 Å². The number of piperazine rings is 4. The van der Waals surface area contributed by atoms with E-state index in [1.807, 2.05) is 225 Å². The van der Waals surface area contributed by atoms with E-state index < -0.39 is 0 Å². The number of halogens is 10. The Bertz CT molecular complexity index is 3780. The summed E-state index contributed by atoms with van der Waals surface area (Å²) < 4.78 is 10.2. The van der Waals surface area contributed by atoms with Gasteiger partial charge in [-0.1, -0.05) is 271 Å². The SMILES string of the molecule is CCCCN1CCN(C(=O)CI)CC1.CCCN1CCN(C(=O)CI)CC1.CCN1CCN(C(=O)CI)CC1.CN1CCN(C(=O)CI)CC1.COc1ccnc(NC(=O)CI)c1.Cc1cc(C)nc(NC(=O)CI)c1.Cc1ccnc(NC(=O)CI)c1.Cc1ccnc(NC(=O)CI)c1.O=C(CI)NC1=NCCS1.O=C(CI)Nc1ccccn1. The van der Waals surface area contributed by atoms with Crippen molar-refractivity contribution in [2.24, 2.45) is 4.99 Å². The van der Waals surface area contributed by atoms with Gasteiger partial charge in [0.2, 0.25) is 59.1 Å². The minimum Gasteiger partial charge on any atom is -0.497 e. The molecule has 0 saturated carbocycles. The number of hydrogen-bond donors (Lipinski definition) is 6. The van der Waals surface area contributed by atoms with E-state index in [0.29, 0.717) is 85.0 Å². The molecule has 10 heterocycles. The Balaban J connectivity index is 0.000000673. The first-order valence-electron chi connectivity index (χ1n) is 38.8. The highest BCUT2D eigenvalue weighted by Crippen LogP contribution is 2.16. The highest BCUT2D eigenvalue weighted by molar-refractivity contribution is 14.1. The number of nitrogens with one attached hydrogen (secondary N) is 6. The van der Waals surface area contributed by atoms with Crippen molar-refractivity contribution in [3.63, 3.8) is 0 Å². The molecular weight excluding hydrogens is 2710 g/mol. The molecule has 6 N–H and O–H groups in total. The third kappa shape index (κ3) is 57.2. The molecule has 674 valence electrons. The summed E-state index contributed by atoms with van der Waals surface area (Å²) >= 11 is 22.2. The number of hydrogen-bond acceptors (Lipinski definition) is 22. The second kappa shape index (κ2) is 73.2. The first-order valence-corrected chi connectivity index (χ1v) is 55.0. The average Bonchev–Trinajstić information content (AvgIpc) is 1.04. The summed E-state index contributed by atoms with van der Waals surface area (Å²) in [6.45, 7) is 34.3. The van der Waals surface area contributed by atoms with Crippen LogP contribution in [-0.4, -0.2) is 323 Å². The van der Waals surface area contributed by atoms with Gasteiger partial charge in [0, 0.05) is 147 Å². The Morgan fingerprint density at radius 1 is 0.388 bits per heavy atom. The fraction of sp³-hybridized carbons (Fsp3) is 0.544. The summed E-state index contributed by atoms with van der Waals surface area (Å²) in [5.74, 6) is 5.71. The normalized spacial score (nSPS) is 14.2. The van der Waals surface area contributed by atoms with Gasteiger partial charge in [0.05, 0.1) is 57.9 Å². The van der Waals surface area contributed by atoms with Gasteiger partial charge in [0.15, 0.2) is 5.17 Å². The summed E-state index contributed by atoms with van der Waals surface area (Å²) in [5.41, 5.74) is 4.21. The first kappa shape index (κ1) is 116. The molecule has 0 aromatic carbocycles. The van der Waals surface area contributed by atoms with Crippen molar-refractivity contribution in [1.29, 1.82) is 0 Å².